The van der Waals surface area contributed by atoms with Crippen molar-refractivity contribution in [2.45, 2.75) is 33.8 Å². The van der Waals surface area contributed by atoms with Crippen molar-refractivity contribution in [2.24, 2.45) is 0 Å². The molecule has 0 rings (SSSR count). The van der Waals surface area contributed by atoms with Crippen LogP contribution in [0.4, 0.5) is 0 Å². The Balaban J connectivity index is 0. The molecule has 0 saturated heterocycles. The number of aliphatic hydroxyl groups is 1. The molecule has 0 aromatic carbocycles. The summed E-state index contributed by atoms with van der Waals surface area (Å²) in [7, 11) is 1.80. The lowest BCUT2D eigenvalue weighted by atomic mass is 10.3. The van der Waals surface area contributed by atoms with Gasteiger partial charge in [0.15, 0.2) is 0 Å². The maximum Gasteiger partial charge on any atom is 0.115 e. The third-order valence-electron chi connectivity index (χ3n) is 1.50. The zero-order valence-corrected chi connectivity index (χ0v) is 10.6. The van der Waals surface area contributed by atoms with Gasteiger partial charge in [-0.25, -0.2) is 0 Å². The van der Waals surface area contributed by atoms with Crippen LogP contribution in [0, 0.1) is 0 Å². The largest absolute Gasteiger partial charge is 0.491 e. The van der Waals surface area contributed by atoms with Gasteiger partial charge >= 0.3 is 0 Å². The van der Waals surface area contributed by atoms with E-state index >= 15 is 0 Å². The predicted molar refractivity (Wildman–Crippen MR) is 65.8 cm³/mol. The molecule has 0 radical (unpaired) electrons. The summed E-state index contributed by atoms with van der Waals surface area (Å²) in [6.07, 6.45) is 5.18. The third-order valence-corrected chi connectivity index (χ3v) is 1.50. The van der Waals surface area contributed by atoms with Crippen molar-refractivity contribution < 1.29 is 9.84 Å². The molecule has 0 spiro atoms. The summed E-state index contributed by atoms with van der Waals surface area (Å²) in [6.45, 7) is 8.70. The summed E-state index contributed by atoms with van der Waals surface area (Å²) in [5.74, 6) is 0.789. The SMILES string of the molecule is C/C=C\C(=C/C)OCC(O)CNC.CC. The van der Waals surface area contributed by atoms with Crippen LogP contribution >= 0.6 is 0 Å². The maximum atomic E-state index is 9.32. The van der Waals surface area contributed by atoms with E-state index < -0.39 is 6.10 Å². The molecule has 3 heteroatoms. The Morgan fingerprint density at radius 1 is 1.40 bits per heavy atom. The first-order chi connectivity index (χ1) is 7.24. The quantitative estimate of drug-likeness (QED) is 0.526. The monoisotopic (exact) mass is 215 g/mol. The Labute approximate surface area is 93.8 Å². The van der Waals surface area contributed by atoms with Crippen molar-refractivity contribution in [3.63, 3.8) is 0 Å². The lowest BCUT2D eigenvalue weighted by molar-refractivity contribution is 0.0766. The first-order valence-corrected chi connectivity index (χ1v) is 5.49. The number of nitrogens with one attached hydrogen (secondary N) is 1. The Morgan fingerprint density at radius 3 is 2.40 bits per heavy atom. The molecular formula is C12H25NO2. The fourth-order valence-electron chi connectivity index (χ4n) is 0.879. The third kappa shape index (κ3) is 11.1. The molecule has 0 heterocycles. The number of likely N-dealkylation sites (N-methyl/N-ethyl adjacent to an activating group) is 1. The van der Waals surface area contributed by atoms with Gasteiger partial charge in [0.25, 0.3) is 0 Å². The Hall–Kier alpha value is -0.800. The highest BCUT2D eigenvalue weighted by molar-refractivity contribution is 5.09. The zero-order chi connectivity index (χ0) is 12.1. The fourth-order valence-corrected chi connectivity index (χ4v) is 0.879. The van der Waals surface area contributed by atoms with Crippen LogP contribution in [0.15, 0.2) is 24.0 Å². The number of rotatable bonds is 6. The van der Waals surface area contributed by atoms with Gasteiger partial charge < -0.3 is 15.2 Å². The molecule has 1 unspecified atom stereocenters. The summed E-state index contributed by atoms with van der Waals surface area (Å²) in [6, 6.07) is 0. The summed E-state index contributed by atoms with van der Waals surface area (Å²) in [4.78, 5) is 0. The minimum atomic E-state index is -0.454. The Bertz CT molecular complexity index is 176. The minimum absolute atomic E-state index is 0.324. The summed E-state index contributed by atoms with van der Waals surface area (Å²) < 4.78 is 5.33. The number of ether oxygens (including phenoxy) is 1. The molecule has 2 N–H and O–H groups in total. The molecule has 0 aromatic heterocycles. The Morgan fingerprint density at radius 2 is 2.00 bits per heavy atom. The highest BCUT2D eigenvalue weighted by Crippen LogP contribution is 2.00. The lowest BCUT2D eigenvalue weighted by Crippen LogP contribution is -2.27. The van der Waals surface area contributed by atoms with Crippen LogP contribution in [-0.2, 0) is 4.74 Å². The molecule has 90 valence electrons. The van der Waals surface area contributed by atoms with Crippen molar-refractivity contribution >= 4 is 0 Å². The average molecular weight is 215 g/mol. The van der Waals surface area contributed by atoms with E-state index in [0.29, 0.717) is 13.2 Å². The molecule has 0 bridgehead atoms. The highest BCUT2D eigenvalue weighted by Gasteiger charge is 2.02. The van der Waals surface area contributed by atoms with Crippen LogP contribution in [0.3, 0.4) is 0 Å². The zero-order valence-electron chi connectivity index (χ0n) is 10.6. The van der Waals surface area contributed by atoms with E-state index in [1.54, 1.807) is 7.05 Å². The first-order valence-electron chi connectivity index (χ1n) is 5.49. The minimum Gasteiger partial charge on any atom is -0.491 e. The molecule has 0 fully saturated rings. The van der Waals surface area contributed by atoms with Crippen LogP contribution in [0.1, 0.15) is 27.7 Å². The summed E-state index contributed by atoms with van der Waals surface area (Å²) in [5.41, 5.74) is 0. The second-order valence-corrected chi connectivity index (χ2v) is 2.71. The van der Waals surface area contributed by atoms with Crippen LogP contribution in [0.2, 0.25) is 0 Å². The topological polar surface area (TPSA) is 41.5 Å². The predicted octanol–water partition coefficient (Wildman–Crippen LogP) is 2.09. The number of hydrogen-bond donors (Lipinski definition) is 2. The number of hydrogen-bond acceptors (Lipinski definition) is 3. The molecule has 0 aliphatic heterocycles. The van der Waals surface area contributed by atoms with Gasteiger partial charge in [0, 0.05) is 6.54 Å². The van der Waals surface area contributed by atoms with Gasteiger partial charge in [0.2, 0.25) is 0 Å². The van der Waals surface area contributed by atoms with Gasteiger partial charge in [-0.1, -0.05) is 19.9 Å². The van der Waals surface area contributed by atoms with E-state index in [9.17, 15) is 5.11 Å². The molecule has 3 nitrogen and oxygen atoms in total. The standard InChI is InChI=1S/C10H19NO2.C2H6/c1-4-6-10(5-2)13-8-9(12)7-11-3;1-2/h4-6,9,11-12H,7-8H2,1-3H3;1-2H3/b6-4-,10-5+;. The molecule has 0 aliphatic rings. The van der Waals surface area contributed by atoms with E-state index in [-0.39, 0.29) is 0 Å². The van der Waals surface area contributed by atoms with Crippen LogP contribution in [0.25, 0.3) is 0 Å². The fraction of sp³-hybridized carbons (Fsp3) is 0.667. The molecule has 1 atom stereocenters. The lowest BCUT2D eigenvalue weighted by Gasteiger charge is -2.11. The van der Waals surface area contributed by atoms with Crippen LogP contribution in [-0.4, -0.2) is 31.4 Å². The van der Waals surface area contributed by atoms with Gasteiger partial charge in [0.1, 0.15) is 18.5 Å². The van der Waals surface area contributed by atoms with Crippen LogP contribution in [0.5, 0.6) is 0 Å². The van der Waals surface area contributed by atoms with Crippen LogP contribution < -0.4 is 5.32 Å². The second-order valence-electron chi connectivity index (χ2n) is 2.71. The molecule has 15 heavy (non-hydrogen) atoms. The van der Waals surface area contributed by atoms with Gasteiger partial charge in [0.05, 0.1) is 0 Å². The number of aliphatic hydroxyl groups excluding tert-OH is 1. The smallest absolute Gasteiger partial charge is 0.115 e. The van der Waals surface area contributed by atoms with Gasteiger partial charge in [-0.3, -0.25) is 0 Å². The van der Waals surface area contributed by atoms with Crippen molar-refractivity contribution in [3.05, 3.63) is 24.0 Å². The van der Waals surface area contributed by atoms with Crippen molar-refractivity contribution in [3.8, 4) is 0 Å². The molecule has 0 saturated carbocycles. The highest BCUT2D eigenvalue weighted by atomic mass is 16.5. The second kappa shape index (κ2) is 13.2. The van der Waals surface area contributed by atoms with Crippen molar-refractivity contribution in [2.75, 3.05) is 20.2 Å². The Kier molecular flexibility index (Phi) is 14.6. The van der Waals surface area contributed by atoms with Gasteiger partial charge in [-0.15, -0.1) is 0 Å². The maximum absolute atomic E-state index is 9.32. The molecule has 0 aromatic rings. The molecule has 0 aliphatic carbocycles. The van der Waals surface area contributed by atoms with Crippen molar-refractivity contribution in [1.29, 1.82) is 0 Å². The normalized spacial score (nSPS) is 13.3. The van der Waals surface area contributed by atoms with E-state index in [1.165, 1.54) is 0 Å². The van der Waals surface area contributed by atoms with E-state index in [1.807, 2.05) is 45.9 Å². The van der Waals surface area contributed by atoms with Gasteiger partial charge in [-0.05, 0) is 33.0 Å². The summed E-state index contributed by atoms with van der Waals surface area (Å²) in [5, 5.41) is 12.2. The van der Waals surface area contributed by atoms with Gasteiger partial charge in [-0.2, -0.15) is 0 Å². The average Bonchev–Trinajstić information content (AvgIpc) is 2.27. The molecular weight excluding hydrogens is 190 g/mol. The molecule has 0 amide bonds. The van der Waals surface area contributed by atoms with E-state index in [4.69, 9.17) is 4.74 Å². The van der Waals surface area contributed by atoms with E-state index in [0.717, 1.165) is 5.76 Å². The van der Waals surface area contributed by atoms with E-state index in [2.05, 4.69) is 5.32 Å². The number of allylic oxidation sites excluding steroid dienone is 3. The van der Waals surface area contributed by atoms with Crippen molar-refractivity contribution in [1.82, 2.24) is 5.32 Å². The first kappa shape index (κ1) is 16.6. The summed E-state index contributed by atoms with van der Waals surface area (Å²) >= 11 is 0.